The van der Waals surface area contributed by atoms with Gasteiger partial charge in [-0.25, -0.2) is 4.79 Å². The Hall–Kier alpha value is -1.44. The molecule has 0 saturated carbocycles. The van der Waals surface area contributed by atoms with Gasteiger partial charge in [-0.1, -0.05) is 13.3 Å². The number of hydrogen-bond donors (Lipinski definition) is 2. The molecule has 1 aliphatic rings. The number of carbonyl (C=O) groups is 2. The van der Waals surface area contributed by atoms with E-state index in [4.69, 9.17) is 14.6 Å². The molecule has 2 atom stereocenters. The minimum absolute atomic E-state index is 0.168. The predicted molar refractivity (Wildman–Crippen MR) is 82.4 cm³/mol. The molecule has 0 unspecified atom stereocenters. The zero-order chi connectivity index (χ0) is 15.9. The molecule has 22 heavy (non-hydrogen) atoms. The van der Waals surface area contributed by atoms with Crippen molar-refractivity contribution in [3.63, 3.8) is 0 Å². The van der Waals surface area contributed by atoms with Crippen molar-refractivity contribution in [1.29, 1.82) is 0 Å². The van der Waals surface area contributed by atoms with Gasteiger partial charge in [0.2, 0.25) is 0 Å². The van der Waals surface area contributed by atoms with Crippen LogP contribution in [0.25, 0.3) is 0 Å². The summed E-state index contributed by atoms with van der Waals surface area (Å²) in [4.78, 5) is 24.1. The molecule has 1 aromatic rings. The monoisotopic (exact) mass is 327 g/mol. The summed E-state index contributed by atoms with van der Waals surface area (Å²) in [6.07, 6.45) is 2.25. The van der Waals surface area contributed by atoms with E-state index in [-0.39, 0.29) is 24.7 Å². The van der Waals surface area contributed by atoms with Crippen LogP contribution in [0.1, 0.15) is 35.0 Å². The lowest BCUT2D eigenvalue weighted by Crippen LogP contribution is -2.50. The smallest absolute Gasteiger partial charge is 0.329 e. The summed E-state index contributed by atoms with van der Waals surface area (Å²) in [7, 11) is 0. The minimum Gasteiger partial charge on any atom is -0.480 e. The number of amides is 1. The Labute approximate surface area is 133 Å². The Bertz CT molecular complexity index is 516. The van der Waals surface area contributed by atoms with Gasteiger partial charge in [-0.15, -0.1) is 11.3 Å². The normalized spacial score (nSPS) is 21.5. The summed E-state index contributed by atoms with van der Waals surface area (Å²) in [6.45, 7) is 2.58. The quantitative estimate of drug-likeness (QED) is 0.796. The highest BCUT2D eigenvalue weighted by Crippen LogP contribution is 2.18. The summed E-state index contributed by atoms with van der Waals surface area (Å²) in [5, 5.41) is 13.4. The van der Waals surface area contributed by atoms with Gasteiger partial charge < -0.3 is 19.9 Å². The second kappa shape index (κ2) is 8.26. The van der Waals surface area contributed by atoms with Crippen molar-refractivity contribution in [1.82, 2.24) is 5.32 Å². The van der Waals surface area contributed by atoms with Crippen LogP contribution in [0.2, 0.25) is 0 Å². The molecule has 2 N–H and O–H groups in total. The lowest BCUT2D eigenvalue weighted by molar-refractivity contribution is -0.147. The number of thiophene rings is 1. The Morgan fingerprint density at radius 3 is 3.09 bits per heavy atom. The standard InChI is InChI=1S/C15H21NO5S/c1-2-3-11-6-10(9-22-11)15(19)16-12-7-20-5-4-13(12)21-8-14(17)18/h6,9,12-13H,2-5,7-8H2,1H3,(H,16,19)(H,17,18)/t12-,13+/m1/s1. The number of aryl methyl sites for hydroxylation is 1. The maximum absolute atomic E-state index is 12.3. The molecule has 2 rings (SSSR count). The van der Waals surface area contributed by atoms with E-state index >= 15 is 0 Å². The van der Waals surface area contributed by atoms with Crippen LogP contribution in [-0.2, 0) is 20.7 Å². The Morgan fingerprint density at radius 1 is 1.55 bits per heavy atom. The molecule has 0 aromatic carbocycles. The first-order valence-electron chi connectivity index (χ1n) is 7.39. The minimum atomic E-state index is -1.02. The van der Waals surface area contributed by atoms with Crippen LogP contribution < -0.4 is 5.32 Å². The molecule has 7 heteroatoms. The van der Waals surface area contributed by atoms with Gasteiger partial charge >= 0.3 is 5.97 Å². The van der Waals surface area contributed by atoms with Gasteiger partial charge in [-0.3, -0.25) is 4.79 Å². The highest BCUT2D eigenvalue weighted by Gasteiger charge is 2.29. The average Bonchev–Trinajstić information content (AvgIpc) is 2.95. The number of ether oxygens (including phenoxy) is 2. The van der Waals surface area contributed by atoms with Crippen LogP contribution in [0.3, 0.4) is 0 Å². The van der Waals surface area contributed by atoms with Crippen LogP contribution in [0.5, 0.6) is 0 Å². The maximum Gasteiger partial charge on any atom is 0.329 e. The lowest BCUT2D eigenvalue weighted by Gasteiger charge is -2.31. The lowest BCUT2D eigenvalue weighted by atomic mass is 10.1. The summed E-state index contributed by atoms with van der Waals surface area (Å²) in [5.74, 6) is -1.18. The van der Waals surface area contributed by atoms with E-state index in [1.54, 1.807) is 11.3 Å². The molecule has 122 valence electrons. The number of carboxylic acid groups (broad SMARTS) is 1. The second-order valence-corrected chi connectivity index (χ2v) is 6.23. The van der Waals surface area contributed by atoms with E-state index in [9.17, 15) is 9.59 Å². The molecule has 0 bridgehead atoms. The molecule has 1 amide bonds. The SMILES string of the molecule is CCCc1cc(C(=O)N[C@@H]2COCC[C@@H]2OCC(=O)O)cs1. The third-order valence-corrected chi connectivity index (χ3v) is 4.44. The van der Waals surface area contributed by atoms with Gasteiger partial charge in [0.25, 0.3) is 5.91 Å². The van der Waals surface area contributed by atoms with Gasteiger partial charge in [-0.2, -0.15) is 0 Å². The highest BCUT2D eigenvalue weighted by molar-refractivity contribution is 7.10. The van der Waals surface area contributed by atoms with Crippen molar-refractivity contribution in [3.8, 4) is 0 Å². The highest BCUT2D eigenvalue weighted by atomic mass is 32.1. The first kappa shape index (κ1) is 16.9. The Morgan fingerprint density at radius 2 is 2.36 bits per heavy atom. The third-order valence-electron chi connectivity index (χ3n) is 3.44. The average molecular weight is 327 g/mol. The Balaban J connectivity index is 1.93. The van der Waals surface area contributed by atoms with E-state index in [0.29, 0.717) is 25.2 Å². The largest absolute Gasteiger partial charge is 0.480 e. The van der Waals surface area contributed by atoms with Crippen molar-refractivity contribution in [2.75, 3.05) is 19.8 Å². The van der Waals surface area contributed by atoms with E-state index in [1.165, 1.54) is 4.88 Å². The first-order chi connectivity index (χ1) is 10.6. The summed E-state index contributed by atoms with van der Waals surface area (Å²) >= 11 is 1.58. The summed E-state index contributed by atoms with van der Waals surface area (Å²) in [6, 6.07) is 1.58. The number of rotatable bonds is 7. The molecule has 0 spiro atoms. The number of hydrogen-bond acceptors (Lipinski definition) is 5. The van der Waals surface area contributed by atoms with E-state index in [0.717, 1.165) is 12.8 Å². The van der Waals surface area contributed by atoms with Gasteiger partial charge in [0.05, 0.1) is 24.3 Å². The van der Waals surface area contributed by atoms with Gasteiger partial charge in [0.1, 0.15) is 6.61 Å². The predicted octanol–water partition coefficient (Wildman–Crippen LogP) is 1.69. The van der Waals surface area contributed by atoms with Crippen molar-refractivity contribution in [2.24, 2.45) is 0 Å². The first-order valence-corrected chi connectivity index (χ1v) is 8.27. The number of carbonyl (C=O) groups excluding carboxylic acids is 1. The molecule has 2 heterocycles. The van der Waals surface area contributed by atoms with E-state index in [2.05, 4.69) is 12.2 Å². The van der Waals surface area contributed by atoms with Gasteiger partial charge in [0, 0.05) is 16.9 Å². The summed E-state index contributed by atoms with van der Waals surface area (Å²) < 4.78 is 10.7. The van der Waals surface area contributed by atoms with E-state index < -0.39 is 5.97 Å². The molecule has 0 aliphatic carbocycles. The topological polar surface area (TPSA) is 84.9 Å². The molecule has 1 aliphatic heterocycles. The maximum atomic E-state index is 12.3. The molecular formula is C15H21NO5S. The Kier molecular flexibility index (Phi) is 6.35. The zero-order valence-corrected chi connectivity index (χ0v) is 13.4. The fourth-order valence-electron chi connectivity index (χ4n) is 2.36. The molecule has 1 fully saturated rings. The number of carboxylic acids is 1. The molecule has 1 saturated heterocycles. The van der Waals surface area contributed by atoms with Gasteiger partial charge in [-0.05, 0) is 18.9 Å². The fourth-order valence-corrected chi connectivity index (χ4v) is 3.33. The second-order valence-electron chi connectivity index (χ2n) is 5.24. The van der Waals surface area contributed by atoms with Crippen molar-refractivity contribution >= 4 is 23.2 Å². The number of nitrogens with one attached hydrogen (secondary N) is 1. The fraction of sp³-hybridized carbons (Fsp3) is 0.600. The molecular weight excluding hydrogens is 306 g/mol. The molecule has 6 nitrogen and oxygen atoms in total. The van der Waals surface area contributed by atoms with Crippen molar-refractivity contribution < 1.29 is 24.2 Å². The van der Waals surface area contributed by atoms with Crippen molar-refractivity contribution in [2.45, 2.75) is 38.3 Å². The van der Waals surface area contributed by atoms with E-state index in [1.807, 2.05) is 11.4 Å². The van der Waals surface area contributed by atoms with Crippen molar-refractivity contribution in [3.05, 3.63) is 21.9 Å². The third kappa shape index (κ3) is 4.79. The van der Waals surface area contributed by atoms with Crippen LogP contribution >= 0.6 is 11.3 Å². The molecule has 1 aromatic heterocycles. The summed E-state index contributed by atoms with van der Waals surface area (Å²) in [5.41, 5.74) is 0.635. The van der Waals surface area contributed by atoms with Crippen LogP contribution in [0, 0.1) is 0 Å². The zero-order valence-electron chi connectivity index (χ0n) is 12.5. The van der Waals surface area contributed by atoms with Crippen LogP contribution in [0.4, 0.5) is 0 Å². The van der Waals surface area contributed by atoms with Crippen LogP contribution in [0.15, 0.2) is 11.4 Å². The van der Waals surface area contributed by atoms with Gasteiger partial charge in [0.15, 0.2) is 0 Å². The molecule has 0 radical (unpaired) electrons. The number of aliphatic carboxylic acids is 1. The van der Waals surface area contributed by atoms with Crippen LogP contribution in [-0.4, -0.2) is 48.9 Å².